The molecule has 0 saturated carbocycles. The molecule has 1 aliphatic heterocycles. The summed E-state index contributed by atoms with van der Waals surface area (Å²) in [5.74, 6) is 0.295. The molecule has 0 spiro atoms. The third kappa shape index (κ3) is 23.6. The Balaban J connectivity index is -0.000000719. The van der Waals surface area contributed by atoms with Gasteiger partial charge in [0.15, 0.2) is 5.78 Å². The average Bonchev–Trinajstić information content (AvgIpc) is 3.44. The average molecular weight is 898 g/mol. The molecule has 2 aromatic rings. The Morgan fingerprint density at radius 2 is 0.738 bits per heavy atom. The van der Waals surface area contributed by atoms with Crippen molar-refractivity contribution < 1.29 is 38.2 Å². The Labute approximate surface area is 394 Å². The Kier molecular flexibility index (Phi) is 31.2. The standard InChI is InChI=1S/C13H16O.C12H16.C11H18O2.C7H9NO2.C7H12O2.C6H12O/c1-9(2)11(4)13(14)12-7-5-10(3)6-8-12;1-9(2)11(4)12-7-5-10(3)6-8-12;1-7(2)8(3)9(4)10(5)11(12)13-6;1-4-5(2)7(10)8(3)6(4)9;1-5(2)6(3)7(8)9-4;1-5(2)6(3)7-4/h5-8H,1-4H3;5-8H,1-4H3;1-6H3;1-3H3;1-4H3;1-4H3/b;;10-9+;;;. The molecule has 360 valence electrons. The summed E-state index contributed by atoms with van der Waals surface area (Å²) in [7, 11) is 5.96. The molecule has 0 N–H and O–H groups in total. The number of benzene rings is 2. The second kappa shape index (κ2) is 31.9. The van der Waals surface area contributed by atoms with E-state index in [1.807, 2.05) is 114 Å². The van der Waals surface area contributed by atoms with Gasteiger partial charge in [0, 0.05) is 34.9 Å². The van der Waals surface area contributed by atoms with Gasteiger partial charge in [0.1, 0.15) is 0 Å². The Morgan fingerprint density at radius 1 is 0.400 bits per heavy atom. The summed E-state index contributed by atoms with van der Waals surface area (Å²) in [5.41, 5.74) is 17.4. The van der Waals surface area contributed by atoms with Crippen LogP contribution in [0.4, 0.5) is 0 Å². The summed E-state index contributed by atoms with van der Waals surface area (Å²) in [6, 6.07) is 16.4. The van der Waals surface area contributed by atoms with Gasteiger partial charge in [-0.1, -0.05) is 82.0 Å². The van der Waals surface area contributed by atoms with E-state index < -0.39 is 0 Å². The van der Waals surface area contributed by atoms with Crippen molar-refractivity contribution >= 4 is 35.1 Å². The van der Waals surface area contributed by atoms with Crippen LogP contribution in [0.1, 0.15) is 159 Å². The molecular formula is C56H83NO8. The van der Waals surface area contributed by atoms with Gasteiger partial charge in [-0.25, -0.2) is 9.59 Å². The van der Waals surface area contributed by atoms with Gasteiger partial charge >= 0.3 is 11.9 Å². The number of hydrogen-bond acceptors (Lipinski definition) is 8. The summed E-state index contributed by atoms with van der Waals surface area (Å²) in [6.45, 7) is 41.0. The van der Waals surface area contributed by atoms with Crippen LogP contribution in [0.5, 0.6) is 0 Å². The molecule has 0 unspecified atom stereocenters. The molecule has 1 heterocycles. The summed E-state index contributed by atoms with van der Waals surface area (Å²) < 4.78 is 14.0. The zero-order valence-corrected chi connectivity index (χ0v) is 44.8. The van der Waals surface area contributed by atoms with Gasteiger partial charge in [0.25, 0.3) is 11.8 Å². The highest BCUT2D eigenvalue weighted by atomic mass is 16.5. The summed E-state index contributed by atoms with van der Waals surface area (Å²) >= 11 is 0. The van der Waals surface area contributed by atoms with Gasteiger partial charge in [0.2, 0.25) is 0 Å². The van der Waals surface area contributed by atoms with Crippen molar-refractivity contribution in [2.75, 3.05) is 28.4 Å². The van der Waals surface area contributed by atoms with Crippen molar-refractivity contribution in [1.29, 1.82) is 0 Å². The number of rotatable bonds is 7. The topological polar surface area (TPSA) is 116 Å². The van der Waals surface area contributed by atoms with Crippen LogP contribution in [0, 0.1) is 13.8 Å². The number of likely N-dealkylation sites (N-methyl/N-ethyl adjacent to an activating group) is 1. The van der Waals surface area contributed by atoms with Crippen LogP contribution in [0.25, 0.3) is 5.57 Å². The van der Waals surface area contributed by atoms with Crippen molar-refractivity contribution in [2.24, 2.45) is 0 Å². The van der Waals surface area contributed by atoms with E-state index in [2.05, 4.69) is 61.4 Å². The van der Waals surface area contributed by atoms with Crippen LogP contribution >= 0.6 is 0 Å². The van der Waals surface area contributed by atoms with Crippen LogP contribution in [-0.2, 0) is 33.4 Å². The summed E-state index contributed by atoms with van der Waals surface area (Å²) in [4.78, 5) is 56.8. The van der Waals surface area contributed by atoms with E-state index in [4.69, 9.17) is 4.74 Å². The molecule has 3 rings (SSSR count). The second-order valence-electron chi connectivity index (χ2n) is 17.0. The first-order chi connectivity index (χ1) is 29.9. The van der Waals surface area contributed by atoms with Crippen molar-refractivity contribution in [1.82, 2.24) is 4.90 Å². The molecule has 0 saturated heterocycles. The lowest BCUT2D eigenvalue weighted by Gasteiger charge is -2.08. The van der Waals surface area contributed by atoms with Crippen LogP contribution in [-0.4, -0.2) is 62.8 Å². The fourth-order valence-electron chi connectivity index (χ4n) is 4.68. The fourth-order valence-corrected chi connectivity index (χ4v) is 4.68. The van der Waals surface area contributed by atoms with Crippen LogP contribution in [0.15, 0.2) is 121 Å². The van der Waals surface area contributed by atoms with E-state index in [1.165, 1.54) is 60.3 Å². The Bertz CT molecular complexity index is 2140. The molecule has 9 heteroatoms. The number of Topliss-reactive ketones (excluding diaryl/α,β-unsaturated/α-hetero) is 1. The van der Waals surface area contributed by atoms with Gasteiger partial charge in [-0.15, -0.1) is 0 Å². The highest BCUT2D eigenvalue weighted by Crippen LogP contribution is 2.20. The van der Waals surface area contributed by atoms with E-state index in [0.717, 1.165) is 44.1 Å². The molecule has 0 atom stereocenters. The third-order valence-corrected chi connectivity index (χ3v) is 11.1. The highest BCUT2D eigenvalue weighted by molar-refractivity contribution is 6.18. The van der Waals surface area contributed by atoms with Crippen molar-refractivity contribution in [3.8, 4) is 0 Å². The number of aryl methyl sites for hydroxylation is 2. The molecule has 0 radical (unpaired) electrons. The molecule has 2 amide bonds. The van der Waals surface area contributed by atoms with E-state index >= 15 is 0 Å². The van der Waals surface area contributed by atoms with Gasteiger partial charge in [-0.3, -0.25) is 19.3 Å². The monoisotopic (exact) mass is 898 g/mol. The number of amides is 2. The predicted molar refractivity (Wildman–Crippen MR) is 272 cm³/mol. The zero-order valence-electron chi connectivity index (χ0n) is 44.8. The number of allylic oxidation sites excluding steroid dienone is 10. The number of ketones is 1. The quantitative estimate of drug-likeness (QED) is 0.0674. The first-order valence-corrected chi connectivity index (χ1v) is 21.6. The number of ether oxygens (including phenoxy) is 3. The Hall–Kier alpha value is -5.83. The van der Waals surface area contributed by atoms with Crippen molar-refractivity contribution in [2.45, 2.75) is 145 Å². The lowest BCUT2D eigenvalue weighted by atomic mass is 10.0. The minimum Gasteiger partial charge on any atom is -0.501 e. The highest BCUT2D eigenvalue weighted by Gasteiger charge is 2.29. The molecule has 0 aliphatic carbocycles. The largest absolute Gasteiger partial charge is 0.501 e. The molecular weight excluding hydrogens is 815 g/mol. The van der Waals surface area contributed by atoms with Crippen LogP contribution < -0.4 is 0 Å². The molecule has 65 heavy (non-hydrogen) atoms. The minimum atomic E-state index is -0.252. The van der Waals surface area contributed by atoms with Crippen LogP contribution in [0.2, 0.25) is 0 Å². The molecule has 0 bridgehead atoms. The van der Waals surface area contributed by atoms with Gasteiger partial charge < -0.3 is 14.2 Å². The second-order valence-corrected chi connectivity index (χ2v) is 17.0. The normalized spacial score (nSPS) is 11.2. The van der Waals surface area contributed by atoms with Crippen molar-refractivity contribution in [3.63, 3.8) is 0 Å². The van der Waals surface area contributed by atoms with E-state index in [0.29, 0.717) is 22.3 Å². The molecule has 1 aliphatic rings. The zero-order chi connectivity index (χ0) is 51.6. The van der Waals surface area contributed by atoms with E-state index in [9.17, 15) is 24.0 Å². The van der Waals surface area contributed by atoms with E-state index in [-0.39, 0.29) is 29.5 Å². The minimum absolute atomic E-state index is 0.130. The number of imide groups is 1. The summed E-state index contributed by atoms with van der Waals surface area (Å²) in [5, 5.41) is 0. The number of esters is 2. The molecule has 2 aromatic carbocycles. The summed E-state index contributed by atoms with van der Waals surface area (Å²) in [6.07, 6.45) is 0. The first-order valence-electron chi connectivity index (χ1n) is 21.6. The van der Waals surface area contributed by atoms with Gasteiger partial charge in [-0.2, -0.15) is 0 Å². The number of carbonyl (C=O) groups excluding carboxylic acids is 5. The number of hydrogen-bond donors (Lipinski definition) is 0. The number of methoxy groups -OCH3 is 3. The lowest BCUT2D eigenvalue weighted by molar-refractivity contribution is -0.137. The lowest BCUT2D eigenvalue weighted by Crippen LogP contribution is -2.26. The maximum absolute atomic E-state index is 11.8. The smallest absolute Gasteiger partial charge is 0.333 e. The molecule has 0 aromatic heterocycles. The first kappa shape index (κ1) is 63.5. The van der Waals surface area contributed by atoms with Gasteiger partial charge in [0.05, 0.1) is 27.1 Å². The number of carbonyl (C=O) groups is 5. The maximum Gasteiger partial charge on any atom is 0.333 e. The maximum atomic E-state index is 11.8. The van der Waals surface area contributed by atoms with Crippen LogP contribution in [0.3, 0.4) is 0 Å². The third-order valence-electron chi connectivity index (χ3n) is 11.1. The van der Waals surface area contributed by atoms with E-state index in [1.54, 1.807) is 34.8 Å². The van der Waals surface area contributed by atoms with Gasteiger partial charge in [-0.05, 0) is 179 Å². The molecule has 9 nitrogen and oxygen atoms in total. The number of nitrogens with zero attached hydrogens (tertiary/aromatic N) is 1. The molecule has 0 fully saturated rings. The van der Waals surface area contributed by atoms with Crippen molar-refractivity contribution in [3.05, 3.63) is 143 Å². The fraction of sp³-hybridized carbons (Fsp3) is 0.446. The SMILES string of the molecule is CC(C)=C(C)C(=O)c1ccc(C)cc1.CC(C)=C(C)c1ccc(C)cc1.CC1=C(C)C(=O)N(C)C1=O.COC(=O)/C(C)=C(\C)C(C)=C(C)C.COC(=O)C(C)=C(C)C.COC(C)=C(C)C. The predicted octanol–water partition coefficient (Wildman–Crippen LogP) is 14.0. The Morgan fingerprint density at radius 3 is 0.969 bits per heavy atom.